The van der Waals surface area contributed by atoms with E-state index in [1.807, 2.05) is 13.1 Å². The number of likely N-dealkylation sites (tertiary alicyclic amines) is 1. The Balaban J connectivity index is 2.05. The molecule has 0 aromatic carbocycles. The molecule has 1 aliphatic rings. The van der Waals surface area contributed by atoms with Gasteiger partial charge in [-0.25, -0.2) is 4.98 Å². The van der Waals surface area contributed by atoms with E-state index < -0.39 is 0 Å². The Morgan fingerprint density at radius 3 is 2.81 bits per heavy atom. The van der Waals surface area contributed by atoms with Gasteiger partial charge in [-0.15, -0.1) is 0 Å². The maximum Gasteiger partial charge on any atom is 0.251 e. The lowest BCUT2D eigenvalue weighted by Crippen LogP contribution is -2.38. The number of hydrogen-bond acceptors (Lipinski definition) is 4. The Bertz CT molecular complexity index is 501. The van der Waals surface area contributed by atoms with Crippen LogP contribution in [0.1, 0.15) is 48.7 Å². The number of amides is 1. The number of anilines is 1. The van der Waals surface area contributed by atoms with E-state index in [0.717, 1.165) is 24.5 Å². The SMILES string of the molecule is CNc1cc(C(=O)NCC2CCCN2C)cc(C(C)C)n1. The van der Waals surface area contributed by atoms with Gasteiger partial charge in [0.15, 0.2) is 0 Å². The number of rotatable bonds is 5. The van der Waals surface area contributed by atoms with Crippen molar-refractivity contribution >= 4 is 11.7 Å². The average Bonchev–Trinajstić information content (AvgIpc) is 2.89. The molecular formula is C16H26N4O. The summed E-state index contributed by atoms with van der Waals surface area (Å²) in [5, 5.41) is 6.08. The first-order chi connectivity index (χ1) is 10.0. The number of hydrogen-bond donors (Lipinski definition) is 2. The average molecular weight is 290 g/mol. The van der Waals surface area contributed by atoms with Crippen molar-refractivity contribution in [3.05, 3.63) is 23.4 Å². The predicted molar refractivity (Wildman–Crippen MR) is 85.9 cm³/mol. The molecule has 1 aliphatic heterocycles. The number of carbonyl (C=O) groups is 1. The van der Waals surface area contributed by atoms with E-state index in [2.05, 4.69) is 41.4 Å². The second-order valence-corrected chi connectivity index (χ2v) is 6.06. The van der Waals surface area contributed by atoms with Gasteiger partial charge in [0.1, 0.15) is 5.82 Å². The van der Waals surface area contributed by atoms with Crippen LogP contribution in [0.15, 0.2) is 12.1 Å². The summed E-state index contributed by atoms with van der Waals surface area (Å²) in [6.07, 6.45) is 2.37. The number of likely N-dealkylation sites (N-methyl/N-ethyl adjacent to an activating group) is 1. The molecule has 0 aliphatic carbocycles. The Morgan fingerprint density at radius 1 is 1.48 bits per heavy atom. The van der Waals surface area contributed by atoms with Gasteiger partial charge in [-0.3, -0.25) is 4.79 Å². The van der Waals surface area contributed by atoms with Crippen molar-refractivity contribution in [2.75, 3.05) is 32.5 Å². The molecular weight excluding hydrogens is 264 g/mol. The maximum absolute atomic E-state index is 12.4. The molecule has 1 aromatic rings. The fraction of sp³-hybridized carbons (Fsp3) is 0.625. The topological polar surface area (TPSA) is 57.3 Å². The quantitative estimate of drug-likeness (QED) is 0.871. The molecule has 1 atom stereocenters. The first-order valence-electron chi connectivity index (χ1n) is 7.69. The van der Waals surface area contributed by atoms with Crippen LogP contribution in [0.4, 0.5) is 5.82 Å². The van der Waals surface area contributed by atoms with Gasteiger partial charge in [-0.1, -0.05) is 13.8 Å². The zero-order valence-corrected chi connectivity index (χ0v) is 13.4. The van der Waals surface area contributed by atoms with Crippen LogP contribution in [0, 0.1) is 0 Å². The summed E-state index contributed by atoms with van der Waals surface area (Å²) in [6.45, 7) is 5.99. The Hall–Kier alpha value is -1.62. The summed E-state index contributed by atoms with van der Waals surface area (Å²) in [5.41, 5.74) is 1.61. The van der Waals surface area contributed by atoms with Gasteiger partial charge >= 0.3 is 0 Å². The van der Waals surface area contributed by atoms with Crippen molar-refractivity contribution in [1.82, 2.24) is 15.2 Å². The van der Waals surface area contributed by atoms with Gasteiger partial charge in [0.2, 0.25) is 0 Å². The van der Waals surface area contributed by atoms with Crippen LogP contribution in [0.3, 0.4) is 0 Å². The van der Waals surface area contributed by atoms with Crippen molar-refractivity contribution in [2.24, 2.45) is 0 Å². The van der Waals surface area contributed by atoms with E-state index in [4.69, 9.17) is 0 Å². The van der Waals surface area contributed by atoms with E-state index in [1.165, 1.54) is 6.42 Å². The highest BCUT2D eigenvalue weighted by Crippen LogP contribution is 2.18. The highest BCUT2D eigenvalue weighted by Gasteiger charge is 2.21. The Labute approximate surface area is 127 Å². The van der Waals surface area contributed by atoms with Gasteiger partial charge in [0.05, 0.1) is 0 Å². The first kappa shape index (κ1) is 15.8. The third-order valence-corrected chi connectivity index (χ3v) is 4.12. The molecule has 0 radical (unpaired) electrons. The van der Waals surface area contributed by atoms with Gasteiger partial charge in [0, 0.05) is 30.9 Å². The van der Waals surface area contributed by atoms with Gasteiger partial charge < -0.3 is 15.5 Å². The largest absolute Gasteiger partial charge is 0.373 e. The van der Waals surface area contributed by atoms with E-state index in [1.54, 1.807) is 6.07 Å². The van der Waals surface area contributed by atoms with Crippen LogP contribution in [0.2, 0.25) is 0 Å². The minimum Gasteiger partial charge on any atom is -0.373 e. The molecule has 0 bridgehead atoms. The number of aromatic nitrogens is 1. The monoisotopic (exact) mass is 290 g/mol. The second-order valence-electron chi connectivity index (χ2n) is 6.06. The summed E-state index contributed by atoms with van der Waals surface area (Å²) in [7, 11) is 3.94. The highest BCUT2D eigenvalue weighted by molar-refractivity contribution is 5.95. The molecule has 2 heterocycles. The van der Waals surface area contributed by atoms with Gasteiger partial charge in [0.25, 0.3) is 5.91 Å². The molecule has 1 unspecified atom stereocenters. The van der Waals surface area contributed by atoms with Crippen molar-refractivity contribution in [3.63, 3.8) is 0 Å². The zero-order valence-electron chi connectivity index (χ0n) is 13.4. The summed E-state index contributed by atoms with van der Waals surface area (Å²) in [5.74, 6) is 1.02. The van der Waals surface area contributed by atoms with Crippen molar-refractivity contribution < 1.29 is 4.79 Å². The molecule has 5 heteroatoms. The second kappa shape index (κ2) is 6.89. The fourth-order valence-corrected chi connectivity index (χ4v) is 2.66. The molecule has 116 valence electrons. The van der Waals surface area contributed by atoms with Gasteiger partial charge in [-0.2, -0.15) is 0 Å². The predicted octanol–water partition coefficient (Wildman–Crippen LogP) is 2.07. The summed E-state index contributed by atoms with van der Waals surface area (Å²) < 4.78 is 0. The maximum atomic E-state index is 12.4. The van der Waals surface area contributed by atoms with E-state index in [0.29, 0.717) is 24.1 Å². The Morgan fingerprint density at radius 2 is 2.24 bits per heavy atom. The van der Waals surface area contributed by atoms with Crippen LogP contribution in [0.25, 0.3) is 0 Å². The van der Waals surface area contributed by atoms with Crippen molar-refractivity contribution in [1.29, 1.82) is 0 Å². The number of nitrogens with zero attached hydrogens (tertiary/aromatic N) is 2. The lowest BCUT2D eigenvalue weighted by atomic mass is 10.1. The minimum atomic E-state index is -0.0175. The van der Waals surface area contributed by atoms with Crippen molar-refractivity contribution in [2.45, 2.75) is 38.6 Å². The Kier molecular flexibility index (Phi) is 5.17. The van der Waals surface area contributed by atoms with E-state index in [9.17, 15) is 4.79 Å². The molecule has 1 fully saturated rings. The van der Waals surface area contributed by atoms with Gasteiger partial charge in [-0.05, 0) is 44.5 Å². The zero-order chi connectivity index (χ0) is 15.4. The van der Waals surface area contributed by atoms with Crippen LogP contribution in [0.5, 0.6) is 0 Å². The first-order valence-corrected chi connectivity index (χ1v) is 7.69. The molecule has 5 nitrogen and oxygen atoms in total. The standard InChI is InChI=1S/C16H26N4O/c1-11(2)14-8-12(9-15(17-3)19-14)16(21)18-10-13-6-5-7-20(13)4/h8-9,11,13H,5-7,10H2,1-4H3,(H,17,19)(H,18,21). The molecule has 1 aromatic heterocycles. The molecule has 1 saturated heterocycles. The smallest absolute Gasteiger partial charge is 0.251 e. The summed E-state index contributed by atoms with van der Waals surface area (Å²) in [4.78, 5) is 19.2. The highest BCUT2D eigenvalue weighted by atomic mass is 16.1. The van der Waals surface area contributed by atoms with E-state index >= 15 is 0 Å². The van der Waals surface area contributed by atoms with Crippen LogP contribution in [-0.2, 0) is 0 Å². The molecule has 2 rings (SSSR count). The molecule has 1 amide bonds. The molecule has 0 saturated carbocycles. The molecule has 21 heavy (non-hydrogen) atoms. The lowest BCUT2D eigenvalue weighted by Gasteiger charge is -2.20. The fourth-order valence-electron chi connectivity index (χ4n) is 2.66. The molecule has 2 N–H and O–H groups in total. The van der Waals surface area contributed by atoms with Crippen LogP contribution >= 0.6 is 0 Å². The third-order valence-electron chi connectivity index (χ3n) is 4.12. The minimum absolute atomic E-state index is 0.0175. The summed E-state index contributed by atoms with van der Waals surface area (Å²) >= 11 is 0. The van der Waals surface area contributed by atoms with E-state index in [-0.39, 0.29) is 5.91 Å². The number of nitrogens with one attached hydrogen (secondary N) is 2. The van der Waals surface area contributed by atoms with Crippen molar-refractivity contribution in [3.8, 4) is 0 Å². The lowest BCUT2D eigenvalue weighted by molar-refractivity contribution is 0.0943. The molecule has 0 spiro atoms. The number of pyridine rings is 1. The van der Waals surface area contributed by atoms with Crippen LogP contribution in [-0.4, -0.2) is 49.0 Å². The summed E-state index contributed by atoms with van der Waals surface area (Å²) in [6, 6.07) is 4.16. The third kappa shape index (κ3) is 3.94. The number of carbonyl (C=O) groups excluding carboxylic acids is 1. The van der Waals surface area contributed by atoms with Crippen LogP contribution < -0.4 is 10.6 Å². The normalized spacial score (nSPS) is 19.0.